The highest BCUT2D eigenvalue weighted by Crippen LogP contribution is 2.32. The third-order valence-corrected chi connectivity index (χ3v) is 3.76. The largest absolute Gasteiger partial charge is 0.507 e. The lowest BCUT2D eigenvalue weighted by Gasteiger charge is -2.11. The molecule has 2 heterocycles. The van der Waals surface area contributed by atoms with E-state index in [-0.39, 0.29) is 16.6 Å². The van der Waals surface area contributed by atoms with Crippen LogP contribution in [-0.2, 0) is 6.18 Å². The minimum atomic E-state index is -4.77. The normalized spacial score (nSPS) is 12.6. The molecule has 3 aromatic rings. The van der Waals surface area contributed by atoms with Crippen LogP contribution in [0.25, 0.3) is 22.9 Å². The van der Waals surface area contributed by atoms with Crippen LogP contribution in [0.5, 0.6) is 0 Å². The summed E-state index contributed by atoms with van der Waals surface area (Å²) in [6.45, 7) is 3.24. The van der Waals surface area contributed by atoms with Gasteiger partial charge in [0.2, 0.25) is 0 Å². The topological polar surface area (TPSA) is 78.9 Å². The number of aryl methyl sites for hydroxylation is 2. The van der Waals surface area contributed by atoms with Gasteiger partial charge in [0.25, 0.3) is 5.56 Å². The molecule has 0 bridgehead atoms. The molecule has 1 aromatic carbocycles. The zero-order valence-corrected chi connectivity index (χ0v) is 13.8. The van der Waals surface area contributed by atoms with Crippen LogP contribution in [-0.4, -0.2) is 20.1 Å². The zero-order chi connectivity index (χ0) is 19.1. The molecule has 0 aliphatic rings. The van der Waals surface area contributed by atoms with Crippen LogP contribution < -0.4 is 5.56 Å². The Labute approximate surface area is 145 Å². The molecule has 0 unspecified atom stereocenters. The fraction of sp³-hybridized carbons (Fsp3) is 0.167. The van der Waals surface area contributed by atoms with Crippen molar-refractivity contribution in [1.82, 2.24) is 15.0 Å². The van der Waals surface area contributed by atoms with Crippen molar-refractivity contribution in [2.24, 2.45) is 0 Å². The molecule has 3 rings (SSSR count). The van der Waals surface area contributed by atoms with E-state index in [4.69, 9.17) is 0 Å². The maximum atomic E-state index is 13.4. The van der Waals surface area contributed by atoms with Gasteiger partial charge in [0.05, 0.1) is 22.3 Å². The number of hydrogen-bond donors (Lipinski definition) is 2. The SMILES string of the molecule is Cc1cc(C)c(/C(O)=C/c2nc3ccccc3nc2C(F)(F)F)c(=O)[nH]1. The quantitative estimate of drug-likeness (QED) is 0.676. The third kappa shape index (κ3) is 3.30. The Bertz CT molecular complexity index is 1090. The average molecular weight is 361 g/mol. The van der Waals surface area contributed by atoms with Gasteiger partial charge in [-0.2, -0.15) is 13.2 Å². The maximum Gasteiger partial charge on any atom is 0.435 e. The number of rotatable bonds is 2. The number of halogens is 3. The molecule has 134 valence electrons. The molecule has 0 saturated carbocycles. The number of pyridine rings is 1. The van der Waals surface area contributed by atoms with E-state index < -0.39 is 28.9 Å². The molecule has 5 nitrogen and oxygen atoms in total. The zero-order valence-electron chi connectivity index (χ0n) is 13.8. The summed E-state index contributed by atoms with van der Waals surface area (Å²) < 4.78 is 40.1. The number of nitrogens with zero attached hydrogens (tertiary/aromatic N) is 2. The summed E-state index contributed by atoms with van der Waals surface area (Å²) in [5.74, 6) is -0.612. The van der Waals surface area contributed by atoms with Gasteiger partial charge in [-0.3, -0.25) is 4.79 Å². The monoisotopic (exact) mass is 361 g/mol. The van der Waals surface area contributed by atoms with E-state index in [1.165, 1.54) is 12.1 Å². The molecular weight excluding hydrogens is 347 g/mol. The minimum Gasteiger partial charge on any atom is -0.507 e. The summed E-state index contributed by atoms with van der Waals surface area (Å²) in [7, 11) is 0. The molecule has 0 aliphatic heterocycles. The van der Waals surface area contributed by atoms with Crippen LogP contribution in [0.2, 0.25) is 0 Å². The number of aromatic nitrogens is 3. The van der Waals surface area contributed by atoms with Crippen LogP contribution in [0.4, 0.5) is 13.2 Å². The molecular formula is C18H14F3N3O2. The van der Waals surface area contributed by atoms with Gasteiger partial charge in [0.1, 0.15) is 5.76 Å². The van der Waals surface area contributed by atoms with Gasteiger partial charge >= 0.3 is 6.18 Å². The van der Waals surface area contributed by atoms with Crippen molar-refractivity contribution in [2.45, 2.75) is 20.0 Å². The Kier molecular flexibility index (Phi) is 4.27. The number of fused-ring (bicyclic) bond motifs is 1. The number of H-pyrrole nitrogens is 1. The van der Waals surface area contributed by atoms with Crippen LogP contribution >= 0.6 is 0 Å². The lowest BCUT2D eigenvalue weighted by Crippen LogP contribution is -2.16. The smallest absolute Gasteiger partial charge is 0.435 e. The molecule has 0 spiro atoms. The van der Waals surface area contributed by atoms with Crippen molar-refractivity contribution in [3.63, 3.8) is 0 Å². The molecule has 8 heteroatoms. The van der Waals surface area contributed by atoms with Crippen molar-refractivity contribution < 1.29 is 18.3 Å². The average Bonchev–Trinajstić information content (AvgIpc) is 2.52. The van der Waals surface area contributed by atoms with Crippen molar-refractivity contribution >= 4 is 22.9 Å². The number of aliphatic hydroxyl groups is 1. The molecule has 0 amide bonds. The van der Waals surface area contributed by atoms with Crippen molar-refractivity contribution in [3.05, 3.63) is 68.9 Å². The molecule has 2 aromatic heterocycles. The molecule has 0 saturated heterocycles. The van der Waals surface area contributed by atoms with Crippen molar-refractivity contribution in [2.75, 3.05) is 0 Å². The Morgan fingerprint density at radius 2 is 1.77 bits per heavy atom. The number of para-hydroxylation sites is 2. The highest BCUT2D eigenvalue weighted by atomic mass is 19.4. The standard InChI is InChI=1S/C18H14F3N3O2/c1-9-7-10(2)22-17(26)15(9)14(25)8-13-16(18(19,20)21)24-12-6-4-3-5-11(12)23-13/h3-8,25H,1-2H3,(H,22,26)/b14-8-. The molecule has 26 heavy (non-hydrogen) atoms. The Morgan fingerprint density at radius 1 is 1.15 bits per heavy atom. The van der Waals surface area contributed by atoms with E-state index in [9.17, 15) is 23.1 Å². The molecule has 0 fully saturated rings. The summed E-state index contributed by atoms with van der Waals surface area (Å²) in [5, 5.41) is 10.3. The van der Waals surface area contributed by atoms with E-state index in [1.54, 1.807) is 32.0 Å². The Hall–Kier alpha value is -3.16. The summed E-state index contributed by atoms with van der Waals surface area (Å²) in [5.41, 5.74) is -1.17. The summed E-state index contributed by atoms with van der Waals surface area (Å²) in [6.07, 6.45) is -3.95. The first-order valence-electron chi connectivity index (χ1n) is 7.62. The van der Waals surface area contributed by atoms with Crippen LogP contribution in [0.15, 0.2) is 35.1 Å². The Morgan fingerprint density at radius 3 is 2.35 bits per heavy atom. The van der Waals surface area contributed by atoms with E-state index in [2.05, 4.69) is 15.0 Å². The lowest BCUT2D eigenvalue weighted by molar-refractivity contribution is -0.141. The van der Waals surface area contributed by atoms with Gasteiger partial charge < -0.3 is 10.1 Å². The summed E-state index contributed by atoms with van der Waals surface area (Å²) in [4.78, 5) is 22.2. The predicted octanol–water partition coefficient (Wildman–Crippen LogP) is 4.01. The number of hydrogen-bond acceptors (Lipinski definition) is 4. The van der Waals surface area contributed by atoms with E-state index in [0.717, 1.165) is 6.08 Å². The molecule has 0 radical (unpaired) electrons. The molecule has 2 N–H and O–H groups in total. The molecule has 0 atom stereocenters. The minimum absolute atomic E-state index is 0.0841. The van der Waals surface area contributed by atoms with Crippen LogP contribution in [0, 0.1) is 13.8 Å². The van der Waals surface area contributed by atoms with Crippen molar-refractivity contribution in [3.8, 4) is 0 Å². The lowest BCUT2D eigenvalue weighted by atomic mass is 10.1. The highest BCUT2D eigenvalue weighted by molar-refractivity contribution is 5.81. The first-order chi connectivity index (χ1) is 12.2. The maximum absolute atomic E-state index is 13.4. The van der Waals surface area contributed by atoms with Gasteiger partial charge in [-0.1, -0.05) is 12.1 Å². The number of benzene rings is 1. The molecule has 0 aliphatic carbocycles. The van der Waals surface area contributed by atoms with Gasteiger partial charge in [-0.15, -0.1) is 0 Å². The van der Waals surface area contributed by atoms with E-state index in [0.29, 0.717) is 11.3 Å². The first kappa shape index (κ1) is 17.7. The van der Waals surface area contributed by atoms with Crippen molar-refractivity contribution in [1.29, 1.82) is 0 Å². The van der Waals surface area contributed by atoms with Gasteiger partial charge in [0.15, 0.2) is 5.69 Å². The number of aromatic amines is 1. The first-order valence-corrected chi connectivity index (χ1v) is 7.62. The second kappa shape index (κ2) is 6.29. The second-order valence-electron chi connectivity index (χ2n) is 5.81. The van der Waals surface area contributed by atoms with Crippen LogP contribution in [0.3, 0.4) is 0 Å². The van der Waals surface area contributed by atoms with Gasteiger partial charge in [-0.25, -0.2) is 9.97 Å². The predicted molar refractivity (Wildman–Crippen MR) is 91.6 cm³/mol. The fourth-order valence-electron chi connectivity index (χ4n) is 2.70. The van der Waals surface area contributed by atoms with E-state index >= 15 is 0 Å². The number of nitrogens with one attached hydrogen (secondary N) is 1. The number of alkyl halides is 3. The second-order valence-corrected chi connectivity index (χ2v) is 5.81. The third-order valence-electron chi connectivity index (χ3n) is 3.76. The Balaban J connectivity index is 2.24. The van der Waals surface area contributed by atoms with Crippen LogP contribution in [0.1, 0.15) is 28.2 Å². The summed E-state index contributed by atoms with van der Waals surface area (Å²) in [6, 6.07) is 7.71. The van der Waals surface area contributed by atoms with E-state index in [1.807, 2.05) is 0 Å². The fourth-order valence-corrected chi connectivity index (χ4v) is 2.70. The number of aliphatic hydroxyl groups excluding tert-OH is 1. The van der Waals surface area contributed by atoms with Gasteiger partial charge in [-0.05, 0) is 37.6 Å². The van der Waals surface area contributed by atoms with Gasteiger partial charge in [0, 0.05) is 11.8 Å². The highest BCUT2D eigenvalue weighted by Gasteiger charge is 2.36. The summed E-state index contributed by atoms with van der Waals surface area (Å²) >= 11 is 0.